The molecule has 4 rings (SSSR count). The number of nitrogens with one attached hydrogen (secondary N) is 1. The highest BCUT2D eigenvalue weighted by molar-refractivity contribution is 7.10. The first kappa shape index (κ1) is 17.6. The summed E-state index contributed by atoms with van der Waals surface area (Å²) in [5.41, 5.74) is 1.36. The van der Waals surface area contributed by atoms with E-state index in [2.05, 4.69) is 33.6 Å². The Balaban J connectivity index is 1.52. The molecule has 0 aliphatic carbocycles. The maximum Gasteiger partial charge on any atom is 0.230 e. The van der Waals surface area contributed by atoms with Crippen LogP contribution in [0.2, 0.25) is 0 Å². The third-order valence-electron chi connectivity index (χ3n) is 5.78. The van der Waals surface area contributed by atoms with Crippen molar-refractivity contribution in [2.24, 2.45) is 11.3 Å². The number of anilines is 1. The lowest BCUT2D eigenvalue weighted by atomic mass is 9.72. The Hall–Kier alpha value is -1.76. The Morgan fingerprint density at radius 3 is 2.92 bits per heavy atom. The van der Waals surface area contributed by atoms with E-state index in [1.165, 1.54) is 10.4 Å². The Morgan fingerprint density at radius 1 is 1.38 bits per heavy atom. The van der Waals surface area contributed by atoms with Crippen molar-refractivity contribution in [3.05, 3.63) is 46.3 Å². The number of carbonyl (C=O) groups is 1. The summed E-state index contributed by atoms with van der Waals surface area (Å²) in [6, 6.07) is 7.77. The van der Waals surface area contributed by atoms with Gasteiger partial charge in [0.25, 0.3) is 0 Å². The summed E-state index contributed by atoms with van der Waals surface area (Å²) >= 11 is 1.81. The SMILES string of the molecule is Cc1ccsc1CN1CC(C(=O)Nc2ccccn2)C2(CCOCC2)C1. The molecule has 4 heterocycles. The molecule has 1 unspecified atom stereocenters. The van der Waals surface area contributed by atoms with Crippen LogP contribution in [0.5, 0.6) is 0 Å². The first-order valence-corrected chi connectivity index (χ1v) is 10.1. The summed E-state index contributed by atoms with van der Waals surface area (Å²) in [6.45, 7) is 6.36. The van der Waals surface area contributed by atoms with Crippen LogP contribution in [0.1, 0.15) is 23.3 Å². The van der Waals surface area contributed by atoms with Crippen molar-refractivity contribution in [2.75, 3.05) is 31.6 Å². The van der Waals surface area contributed by atoms with Crippen LogP contribution >= 0.6 is 11.3 Å². The lowest BCUT2D eigenvalue weighted by Gasteiger charge is -2.37. The van der Waals surface area contributed by atoms with Gasteiger partial charge in [-0.15, -0.1) is 11.3 Å². The molecule has 2 fully saturated rings. The van der Waals surface area contributed by atoms with Crippen LogP contribution < -0.4 is 5.32 Å². The number of rotatable bonds is 4. The predicted molar refractivity (Wildman–Crippen MR) is 103 cm³/mol. The van der Waals surface area contributed by atoms with Gasteiger partial charge in [0.15, 0.2) is 0 Å². The molecule has 1 atom stereocenters. The molecule has 6 heteroatoms. The Labute approximate surface area is 158 Å². The van der Waals surface area contributed by atoms with Crippen LogP contribution in [0, 0.1) is 18.3 Å². The summed E-state index contributed by atoms with van der Waals surface area (Å²) in [4.78, 5) is 21.2. The third kappa shape index (κ3) is 3.54. The molecule has 2 saturated heterocycles. The van der Waals surface area contributed by atoms with E-state index in [4.69, 9.17) is 4.74 Å². The highest BCUT2D eigenvalue weighted by Gasteiger charge is 2.50. The number of likely N-dealkylation sites (tertiary alicyclic amines) is 1. The quantitative estimate of drug-likeness (QED) is 0.896. The number of hydrogen-bond donors (Lipinski definition) is 1. The van der Waals surface area contributed by atoms with Gasteiger partial charge in [-0.2, -0.15) is 0 Å². The summed E-state index contributed by atoms with van der Waals surface area (Å²) in [6.07, 6.45) is 3.61. The smallest absolute Gasteiger partial charge is 0.230 e. The van der Waals surface area contributed by atoms with Gasteiger partial charge in [-0.1, -0.05) is 6.07 Å². The van der Waals surface area contributed by atoms with E-state index in [-0.39, 0.29) is 17.2 Å². The van der Waals surface area contributed by atoms with E-state index in [1.54, 1.807) is 17.5 Å². The molecule has 2 aliphatic rings. The second-order valence-corrected chi connectivity index (χ2v) is 8.43. The van der Waals surface area contributed by atoms with Crippen molar-refractivity contribution in [1.29, 1.82) is 0 Å². The first-order chi connectivity index (χ1) is 12.7. The zero-order valence-corrected chi connectivity index (χ0v) is 15.9. The molecule has 1 N–H and O–H groups in total. The lowest BCUT2D eigenvalue weighted by Crippen LogP contribution is -2.42. The normalized spacial score (nSPS) is 22.6. The van der Waals surface area contributed by atoms with Crippen molar-refractivity contribution in [2.45, 2.75) is 26.3 Å². The highest BCUT2D eigenvalue weighted by Crippen LogP contribution is 2.45. The van der Waals surface area contributed by atoms with E-state index in [1.807, 2.05) is 18.2 Å². The fraction of sp³-hybridized carbons (Fsp3) is 0.500. The molecule has 2 aliphatic heterocycles. The van der Waals surface area contributed by atoms with Gasteiger partial charge in [0.1, 0.15) is 5.82 Å². The number of amides is 1. The van der Waals surface area contributed by atoms with E-state index in [9.17, 15) is 4.79 Å². The number of aromatic nitrogens is 1. The molecule has 2 aromatic rings. The minimum atomic E-state index is -0.0197. The minimum Gasteiger partial charge on any atom is -0.381 e. The number of hydrogen-bond acceptors (Lipinski definition) is 5. The molecule has 1 spiro atoms. The minimum absolute atomic E-state index is 0.0161. The average Bonchev–Trinajstić information content (AvgIpc) is 3.21. The number of ether oxygens (including phenoxy) is 1. The van der Waals surface area contributed by atoms with E-state index in [0.717, 1.165) is 45.7 Å². The predicted octanol–water partition coefficient (Wildman–Crippen LogP) is 3.32. The third-order valence-corrected chi connectivity index (χ3v) is 6.78. The molecule has 0 aromatic carbocycles. The second-order valence-electron chi connectivity index (χ2n) is 7.43. The largest absolute Gasteiger partial charge is 0.381 e. The van der Waals surface area contributed by atoms with Gasteiger partial charge in [0.2, 0.25) is 5.91 Å². The standard InChI is InChI=1S/C20H25N3O2S/c1-15-5-11-26-17(15)13-23-12-16(20(14-23)6-9-25-10-7-20)19(24)22-18-4-2-3-8-21-18/h2-5,8,11,16H,6-7,9-10,12-14H2,1H3,(H,21,22,24). The summed E-state index contributed by atoms with van der Waals surface area (Å²) < 4.78 is 5.60. The zero-order valence-electron chi connectivity index (χ0n) is 15.1. The molecule has 5 nitrogen and oxygen atoms in total. The van der Waals surface area contributed by atoms with Gasteiger partial charge >= 0.3 is 0 Å². The molecule has 0 saturated carbocycles. The van der Waals surface area contributed by atoms with Crippen LogP contribution in [-0.2, 0) is 16.1 Å². The first-order valence-electron chi connectivity index (χ1n) is 9.21. The summed E-state index contributed by atoms with van der Waals surface area (Å²) in [7, 11) is 0. The monoisotopic (exact) mass is 371 g/mol. The summed E-state index contributed by atoms with van der Waals surface area (Å²) in [5, 5.41) is 5.18. The van der Waals surface area contributed by atoms with Crippen molar-refractivity contribution in [3.8, 4) is 0 Å². The molecule has 0 bridgehead atoms. The molecule has 1 amide bonds. The van der Waals surface area contributed by atoms with Gasteiger partial charge in [-0.3, -0.25) is 9.69 Å². The average molecular weight is 372 g/mol. The fourth-order valence-electron chi connectivity index (χ4n) is 4.26. The number of carbonyl (C=O) groups excluding carboxylic acids is 1. The number of aryl methyl sites for hydroxylation is 1. The molecule has 0 radical (unpaired) electrons. The van der Waals surface area contributed by atoms with Crippen LogP contribution in [0.15, 0.2) is 35.8 Å². The summed E-state index contributed by atoms with van der Waals surface area (Å²) in [5.74, 6) is 0.705. The van der Waals surface area contributed by atoms with Crippen LogP contribution in [0.25, 0.3) is 0 Å². The fourth-order valence-corrected chi connectivity index (χ4v) is 5.20. The zero-order chi connectivity index (χ0) is 18.0. The van der Waals surface area contributed by atoms with E-state index < -0.39 is 0 Å². The van der Waals surface area contributed by atoms with Gasteiger partial charge in [-0.25, -0.2) is 4.98 Å². The molecule has 138 valence electrons. The number of thiophene rings is 1. The molecular formula is C20H25N3O2S. The topological polar surface area (TPSA) is 54.5 Å². The van der Waals surface area contributed by atoms with Crippen molar-refractivity contribution in [1.82, 2.24) is 9.88 Å². The van der Waals surface area contributed by atoms with Crippen LogP contribution in [-0.4, -0.2) is 42.1 Å². The van der Waals surface area contributed by atoms with Gasteiger partial charge in [0, 0.05) is 49.3 Å². The Morgan fingerprint density at radius 2 is 2.23 bits per heavy atom. The lowest BCUT2D eigenvalue weighted by molar-refractivity contribution is -0.124. The van der Waals surface area contributed by atoms with Crippen molar-refractivity contribution < 1.29 is 9.53 Å². The van der Waals surface area contributed by atoms with Crippen molar-refractivity contribution >= 4 is 23.1 Å². The Bertz CT molecular complexity index is 755. The maximum atomic E-state index is 13.1. The van der Waals surface area contributed by atoms with Crippen LogP contribution in [0.3, 0.4) is 0 Å². The van der Waals surface area contributed by atoms with Crippen LogP contribution in [0.4, 0.5) is 5.82 Å². The van der Waals surface area contributed by atoms with Gasteiger partial charge in [-0.05, 0) is 48.9 Å². The number of pyridine rings is 1. The van der Waals surface area contributed by atoms with E-state index in [0.29, 0.717) is 5.82 Å². The molecule has 26 heavy (non-hydrogen) atoms. The number of nitrogens with zero attached hydrogens (tertiary/aromatic N) is 2. The maximum absolute atomic E-state index is 13.1. The molecule has 2 aromatic heterocycles. The highest BCUT2D eigenvalue weighted by atomic mass is 32.1. The second kappa shape index (κ2) is 7.47. The van der Waals surface area contributed by atoms with Gasteiger partial charge in [0.05, 0.1) is 5.92 Å². The molecular weight excluding hydrogens is 346 g/mol. The van der Waals surface area contributed by atoms with E-state index >= 15 is 0 Å². The van der Waals surface area contributed by atoms with Gasteiger partial charge < -0.3 is 10.1 Å². The van der Waals surface area contributed by atoms with Crippen molar-refractivity contribution in [3.63, 3.8) is 0 Å². The Kier molecular flexibility index (Phi) is 5.07.